The van der Waals surface area contributed by atoms with Crippen LogP contribution >= 0.6 is 11.8 Å². The van der Waals surface area contributed by atoms with Crippen molar-refractivity contribution in [2.24, 2.45) is 0 Å². The highest BCUT2D eigenvalue weighted by Crippen LogP contribution is 2.33. The Bertz CT molecular complexity index is 899. The van der Waals surface area contributed by atoms with E-state index < -0.39 is 5.97 Å². The summed E-state index contributed by atoms with van der Waals surface area (Å²) in [5, 5.41) is 10.4. The van der Waals surface area contributed by atoms with Crippen molar-refractivity contribution in [3.05, 3.63) is 47.8 Å². The van der Waals surface area contributed by atoms with Gasteiger partial charge in [0.15, 0.2) is 5.16 Å². The Morgan fingerprint density at radius 3 is 2.83 bits per heavy atom. The van der Waals surface area contributed by atoms with Crippen molar-refractivity contribution in [3.63, 3.8) is 0 Å². The molecular weight excluding hydrogens is 314 g/mol. The molecule has 0 fully saturated rings. The maximum absolute atomic E-state index is 11.3. The second-order valence-corrected chi connectivity index (χ2v) is 5.77. The average Bonchev–Trinajstić information content (AvgIpc) is 2.56. The van der Waals surface area contributed by atoms with Crippen molar-refractivity contribution in [2.45, 2.75) is 17.0 Å². The standard InChI is InChI=1S/C16H13N3O3S/c1-9-8-18-16(19-14(9)22-2)23-12-6-5-11(15(20)21)10-4-3-7-17-13(10)12/h3-8H,1-2H3,(H,20,21). The van der Waals surface area contributed by atoms with Crippen molar-refractivity contribution in [1.82, 2.24) is 15.0 Å². The molecule has 3 rings (SSSR count). The molecule has 1 N–H and O–H groups in total. The summed E-state index contributed by atoms with van der Waals surface area (Å²) in [6.07, 6.45) is 3.32. The summed E-state index contributed by atoms with van der Waals surface area (Å²) in [6.45, 7) is 1.87. The number of pyridine rings is 1. The monoisotopic (exact) mass is 327 g/mol. The maximum Gasteiger partial charge on any atom is 0.336 e. The number of aromatic nitrogens is 3. The zero-order valence-corrected chi connectivity index (χ0v) is 13.3. The van der Waals surface area contributed by atoms with Gasteiger partial charge in [0.25, 0.3) is 0 Å². The average molecular weight is 327 g/mol. The Labute approximate surface area is 136 Å². The van der Waals surface area contributed by atoms with Crippen LogP contribution in [-0.2, 0) is 0 Å². The van der Waals surface area contributed by atoms with Crippen LogP contribution in [0.1, 0.15) is 15.9 Å². The Morgan fingerprint density at radius 1 is 1.26 bits per heavy atom. The number of carboxylic acid groups (broad SMARTS) is 1. The fourth-order valence-corrected chi connectivity index (χ4v) is 3.01. The smallest absolute Gasteiger partial charge is 0.336 e. The van der Waals surface area contributed by atoms with Gasteiger partial charge in [0.2, 0.25) is 5.88 Å². The second-order valence-electron chi connectivity index (χ2n) is 4.76. The summed E-state index contributed by atoms with van der Waals surface area (Å²) in [6, 6.07) is 6.75. The first-order valence-electron chi connectivity index (χ1n) is 6.76. The largest absolute Gasteiger partial charge is 0.481 e. The van der Waals surface area contributed by atoms with E-state index in [-0.39, 0.29) is 5.56 Å². The third kappa shape index (κ3) is 2.95. The number of carboxylic acids is 1. The molecule has 0 aliphatic rings. The first kappa shape index (κ1) is 15.2. The number of rotatable bonds is 4. The van der Waals surface area contributed by atoms with E-state index in [0.29, 0.717) is 21.9 Å². The van der Waals surface area contributed by atoms with Gasteiger partial charge in [-0.15, -0.1) is 0 Å². The van der Waals surface area contributed by atoms with E-state index in [4.69, 9.17) is 4.74 Å². The van der Waals surface area contributed by atoms with E-state index >= 15 is 0 Å². The Balaban J connectivity index is 2.07. The predicted molar refractivity (Wildman–Crippen MR) is 86.1 cm³/mol. The van der Waals surface area contributed by atoms with Crippen molar-refractivity contribution in [1.29, 1.82) is 0 Å². The minimum Gasteiger partial charge on any atom is -0.481 e. The molecule has 23 heavy (non-hydrogen) atoms. The van der Waals surface area contributed by atoms with Crippen LogP contribution in [0.4, 0.5) is 0 Å². The lowest BCUT2D eigenvalue weighted by molar-refractivity contribution is 0.0699. The van der Waals surface area contributed by atoms with E-state index in [2.05, 4.69) is 15.0 Å². The van der Waals surface area contributed by atoms with E-state index in [0.717, 1.165) is 10.5 Å². The number of hydrogen-bond acceptors (Lipinski definition) is 6. The Kier molecular flexibility index (Phi) is 4.12. The van der Waals surface area contributed by atoms with Crippen molar-refractivity contribution < 1.29 is 14.6 Å². The van der Waals surface area contributed by atoms with Crippen LogP contribution in [0.2, 0.25) is 0 Å². The van der Waals surface area contributed by atoms with Crippen molar-refractivity contribution in [2.75, 3.05) is 7.11 Å². The molecule has 0 aliphatic carbocycles. The summed E-state index contributed by atoms with van der Waals surface area (Å²) in [5.74, 6) is -0.463. The molecule has 2 aromatic heterocycles. The number of aryl methyl sites for hydroxylation is 1. The molecule has 116 valence electrons. The summed E-state index contributed by atoms with van der Waals surface area (Å²) in [7, 11) is 1.56. The van der Waals surface area contributed by atoms with Gasteiger partial charge >= 0.3 is 5.97 Å². The predicted octanol–water partition coefficient (Wildman–Crippen LogP) is 3.19. The van der Waals surface area contributed by atoms with Gasteiger partial charge in [-0.3, -0.25) is 4.98 Å². The maximum atomic E-state index is 11.3. The number of ether oxygens (including phenoxy) is 1. The molecule has 0 radical (unpaired) electrons. The first-order chi connectivity index (χ1) is 11.1. The lowest BCUT2D eigenvalue weighted by Crippen LogP contribution is -1.99. The van der Waals surface area contributed by atoms with Gasteiger partial charge in [-0.25, -0.2) is 9.78 Å². The van der Waals surface area contributed by atoms with Gasteiger partial charge in [-0.2, -0.15) is 4.98 Å². The lowest BCUT2D eigenvalue weighted by atomic mass is 10.1. The Hall–Kier alpha value is -2.67. The summed E-state index contributed by atoms with van der Waals surface area (Å²) in [4.78, 5) is 25.0. The first-order valence-corrected chi connectivity index (χ1v) is 7.58. The number of benzene rings is 1. The summed E-state index contributed by atoms with van der Waals surface area (Å²) < 4.78 is 5.20. The summed E-state index contributed by atoms with van der Waals surface area (Å²) >= 11 is 1.32. The van der Waals surface area contributed by atoms with Crippen molar-refractivity contribution in [3.8, 4) is 5.88 Å². The quantitative estimate of drug-likeness (QED) is 0.736. The van der Waals surface area contributed by atoms with Crippen LogP contribution in [0.3, 0.4) is 0 Å². The third-order valence-electron chi connectivity index (χ3n) is 3.26. The zero-order chi connectivity index (χ0) is 16.4. The van der Waals surface area contributed by atoms with E-state index in [1.807, 2.05) is 6.92 Å². The van der Waals surface area contributed by atoms with Gasteiger partial charge in [0.05, 0.1) is 18.2 Å². The van der Waals surface area contributed by atoms with Crippen LogP contribution < -0.4 is 4.74 Å². The Morgan fingerprint density at radius 2 is 2.09 bits per heavy atom. The lowest BCUT2D eigenvalue weighted by Gasteiger charge is -2.08. The van der Waals surface area contributed by atoms with Crippen LogP contribution in [0.5, 0.6) is 5.88 Å². The summed E-state index contributed by atoms with van der Waals surface area (Å²) in [5.41, 5.74) is 1.68. The molecule has 3 aromatic rings. The molecule has 0 aliphatic heterocycles. The number of nitrogens with zero attached hydrogens (tertiary/aromatic N) is 3. The molecule has 1 aromatic carbocycles. The van der Waals surface area contributed by atoms with Gasteiger partial charge in [-0.05, 0) is 36.9 Å². The molecular formula is C16H13N3O3S. The molecule has 0 saturated heterocycles. The van der Waals surface area contributed by atoms with Gasteiger partial charge in [0.1, 0.15) is 0 Å². The number of aromatic carboxylic acids is 1. The van der Waals surface area contributed by atoms with Crippen LogP contribution in [0, 0.1) is 6.92 Å². The minimum atomic E-state index is -0.979. The van der Waals surface area contributed by atoms with Crippen molar-refractivity contribution >= 4 is 28.6 Å². The fourth-order valence-electron chi connectivity index (χ4n) is 2.18. The highest BCUT2D eigenvalue weighted by Gasteiger charge is 2.14. The highest BCUT2D eigenvalue weighted by atomic mass is 32.2. The van der Waals surface area contributed by atoms with Crippen LogP contribution in [-0.4, -0.2) is 33.1 Å². The molecule has 0 amide bonds. The van der Waals surface area contributed by atoms with Gasteiger partial charge < -0.3 is 9.84 Å². The molecule has 0 saturated carbocycles. The topological polar surface area (TPSA) is 85.2 Å². The molecule has 0 atom stereocenters. The third-order valence-corrected chi connectivity index (χ3v) is 4.19. The zero-order valence-electron chi connectivity index (χ0n) is 12.5. The number of methoxy groups -OCH3 is 1. The van der Waals surface area contributed by atoms with Crippen LogP contribution in [0.25, 0.3) is 10.9 Å². The molecule has 0 unspecified atom stereocenters. The van der Waals surface area contributed by atoms with E-state index in [1.165, 1.54) is 11.8 Å². The molecule has 7 heteroatoms. The fraction of sp³-hybridized carbons (Fsp3) is 0.125. The van der Waals surface area contributed by atoms with E-state index in [9.17, 15) is 9.90 Å². The molecule has 6 nitrogen and oxygen atoms in total. The van der Waals surface area contributed by atoms with Gasteiger partial charge in [0, 0.05) is 28.2 Å². The number of fused-ring (bicyclic) bond motifs is 1. The number of carbonyl (C=O) groups is 1. The second kappa shape index (κ2) is 6.21. The van der Waals surface area contributed by atoms with Gasteiger partial charge in [-0.1, -0.05) is 6.07 Å². The number of hydrogen-bond donors (Lipinski definition) is 1. The highest BCUT2D eigenvalue weighted by molar-refractivity contribution is 7.99. The molecule has 0 spiro atoms. The molecule has 0 bridgehead atoms. The van der Waals surface area contributed by atoms with Crippen LogP contribution in [0.15, 0.2) is 46.7 Å². The van der Waals surface area contributed by atoms with E-state index in [1.54, 1.807) is 43.8 Å². The minimum absolute atomic E-state index is 0.222. The SMILES string of the molecule is COc1nc(Sc2ccc(C(=O)O)c3cccnc23)ncc1C. The normalized spacial score (nSPS) is 10.7. The molecule has 2 heterocycles.